The van der Waals surface area contributed by atoms with Crippen LogP contribution in [0.15, 0.2) is 102 Å². The van der Waals surface area contributed by atoms with E-state index in [1.807, 2.05) is 46.4 Å². The monoisotopic (exact) mass is 1290 g/mol. The molecule has 2 aliphatic carbocycles. The fourth-order valence-corrected chi connectivity index (χ4v) is 11.1. The minimum atomic E-state index is -0.283. The third kappa shape index (κ3) is 18.2. The van der Waals surface area contributed by atoms with Crippen molar-refractivity contribution in [3.05, 3.63) is 102 Å². The van der Waals surface area contributed by atoms with Crippen molar-refractivity contribution in [2.45, 2.75) is 85.9 Å². The summed E-state index contributed by atoms with van der Waals surface area (Å²) in [6, 6.07) is 26.0. The Labute approximate surface area is 598 Å². The van der Waals surface area contributed by atoms with E-state index in [0.29, 0.717) is 23.7 Å². The van der Waals surface area contributed by atoms with Gasteiger partial charge in [-0.05, 0) is 129 Å². The fraction of sp³-hybridized carbons (Fsp3) is 0.517. The average molecular weight is 1290 g/mol. The molecule has 19 nitrogen and oxygen atoms in total. The van der Waals surface area contributed by atoms with E-state index in [1.165, 1.54) is 33.9 Å². The van der Waals surface area contributed by atoms with Crippen LogP contribution in [0.2, 0.25) is 0 Å². The number of anilines is 4. The Kier molecular flexibility index (Phi) is 29.0. The van der Waals surface area contributed by atoms with Crippen LogP contribution in [0.25, 0.3) is 22.2 Å². The molecule has 6 aromatic rings. The van der Waals surface area contributed by atoms with E-state index >= 15 is 0 Å². The Morgan fingerprint density at radius 1 is 0.619 bits per heavy atom. The van der Waals surface area contributed by atoms with Crippen LogP contribution in [0, 0.1) is 11.8 Å². The SMILES string of the molecule is C.CC.CC1(C)OB(c2ccc(N3CCNCC3)cc2)OC1(C)C.Cl.O=C(C1CC1)N1CCN(c2ccnn3cc(-c4ccc(N5CCNCC5)cc4)cc23)CC1.O=C(C1CC1)N1CCN(c2ccnn3cc(Br)cc23)CC1.O=CO[O-].[H-].[K+].[K+]. The third-order valence-corrected chi connectivity index (χ3v) is 16.7. The fourth-order valence-electron chi connectivity index (χ4n) is 10.7. The van der Waals surface area contributed by atoms with Crippen LogP contribution >= 0.6 is 28.3 Å². The number of halogens is 2. The smallest absolute Gasteiger partial charge is 1.00 e. The van der Waals surface area contributed by atoms with Crippen molar-refractivity contribution < 1.29 is 138 Å². The zero-order chi connectivity index (χ0) is 56.4. The number of rotatable bonds is 9. The summed E-state index contributed by atoms with van der Waals surface area (Å²) < 4.78 is 17.1. The van der Waals surface area contributed by atoms with Crippen molar-refractivity contribution in [1.82, 2.24) is 39.7 Å². The Morgan fingerprint density at radius 3 is 1.42 bits per heavy atom. The Morgan fingerprint density at radius 2 is 1.01 bits per heavy atom. The number of piperazine rings is 4. The van der Waals surface area contributed by atoms with Gasteiger partial charge < -0.3 is 60.9 Å². The third-order valence-electron chi connectivity index (χ3n) is 16.3. The van der Waals surface area contributed by atoms with E-state index in [-0.39, 0.29) is 149 Å². The van der Waals surface area contributed by atoms with Crippen LogP contribution in [-0.2, 0) is 28.6 Å². The predicted molar refractivity (Wildman–Crippen MR) is 332 cm³/mol. The van der Waals surface area contributed by atoms with Crippen molar-refractivity contribution >= 4 is 93.0 Å². The van der Waals surface area contributed by atoms with Gasteiger partial charge in [0.15, 0.2) is 0 Å². The van der Waals surface area contributed by atoms with Crippen molar-refractivity contribution in [3.63, 3.8) is 0 Å². The van der Waals surface area contributed by atoms with E-state index in [4.69, 9.17) is 19.4 Å². The van der Waals surface area contributed by atoms with Crippen molar-refractivity contribution in [2.24, 2.45) is 11.8 Å². The summed E-state index contributed by atoms with van der Waals surface area (Å²) in [6.07, 6.45) is 12.1. The molecular weight excluding hydrogens is 1210 g/mol. The maximum atomic E-state index is 12.4. The van der Waals surface area contributed by atoms with Crippen molar-refractivity contribution in [2.75, 3.05) is 124 Å². The molecule has 5 saturated heterocycles. The van der Waals surface area contributed by atoms with Gasteiger partial charge in [-0.15, -0.1) is 12.4 Å². The Bertz CT molecular complexity index is 2990. The van der Waals surface area contributed by atoms with Crippen molar-refractivity contribution in [3.8, 4) is 11.1 Å². The molecule has 0 bridgehead atoms. The number of aromatic nitrogens is 4. The Hall–Kier alpha value is -2.66. The number of fused-ring (bicyclic) bond motifs is 2. The number of carbonyl (C=O) groups excluding carboxylic acids is 3. The van der Waals surface area contributed by atoms with Crippen molar-refractivity contribution in [1.29, 1.82) is 0 Å². The molecule has 0 unspecified atom stereocenters. The summed E-state index contributed by atoms with van der Waals surface area (Å²) >= 11 is 3.50. The second-order valence-corrected chi connectivity index (χ2v) is 23.0. The molecule has 0 atom stereocenters. The summed E-state index contributed by atoms with van der Waals surface area (Å²) in [4.78, 5) is 49.4. The minimum Gasteiger partial charge on any atom is -1.00 e. The van der Waals surface area contributed by atoms with Gasteiger partial charge in [0.25, 0.3) is 6.47 Å². The quantitative estimate of drug-likeness (QED) is 0.0893. The zero-order valence-corrected chi connectivity index (χ0v) is 58.5. The second-order valence-electron chi connectivity index (χ2n) is 22.0. The van der Waals surface area contributed by atoms with E-state index in [9.17, 15) is 9.59 Å². The topological polar surface area (TPSA) is 180 Å². The first-order chi connectivity index (χ1) is 38.8. The van der Waals surface area contributed by atoms with Gasteiger partial charge in [0.05, 0.1) is 33.6 Å². The molecule has 2 N–H and O–H groups in total. The number of hydrogen-bond donors (Lipinski definition) is 2. The standard InChI is InChI=1S/C25H30N6O.C16H25BN2O2.C15H17BrN4O.C2H6.CH2O3.CH4.ClH.2K.H/c32-25(20-1-2-20)30-15-13-29(14-16-30)23-7-8-27-31-18-21(17-24(23)31)19-3-5-22(6-4-19)28-11-9-26-10-12-28;1-15(2)16(3,4)21-17(20-15)13-5-7-14(8-6-13)19-11-9-18-10-12-19;16-12-9-14-13(3-4-17-20(14)10-12)18-5-7-19(8-6-18)15(21)11-1-2-11;1-2;2-1-4-3;;;;;/h3-8,17-18,20,26H,1-2,9-16H2;5-8,18H,9-12H2,1-4H3;3-4,9-11H,1-2,5-8H2;1-2H3;1,3H;1H4;1H;;;/q;;;;;;;2*+1;-1/p-1. The van der Waals surface area contributed by atoms with Crippen LogP contribution in [0.1, 0.15) is 76.1 Å². The normalized spacial score (nSPS) is 18.7. The molecule has 5 aliphatic heterocycles. The average Bonchev–Trinajstić information content (AvgIpc) is 3.42. The molecule has 7 fully saturated rings. The van der Waals surface area contributed by atoms with E-state index in [1.54, 1.807) is 0 Å². The van der Waals surface area contributed by atoms with Gasteiger partial charge in [-0.25, -0.2) is 9.03 Å². The summed E-state index contributed by atoms with van der Waals surface area (Å²) in [5.41, 5.74) is 10.1. The molecule has 446 valence electrons. The molecule has 0 radical (unpaired) electrons. The van der Waals surface area contributed by atoms with Crippen LogP contribution in [0.3, 0.4) is 0 Å². The minimum absolute atomic E-state index is 0. The Balaban J connectivity index is 0.000000261. The van der Waals surface area contributed by atoms with Crippen LogP contribution in [0.4, 0.5) is 22.7 Å². The maximum Gasteiger partial charge on any atom is 1.00 e. The second kappa shape index (κ2) is 33.8. The summed E-state index contributed by atoms with van der Waals surface area (Å²) in [7, 11) is -0.271. The van der Waals surface area contributed by atoms with Crippen LogP contribution in [0.5, 0.6) is 0 Å². The number of amides is 2. The van der Waals surface area contributed by atoms with E-state index < -0.39 is 0 Å². The van der Waals surface area contributed by atoms with Gasteiger partial charge in [0.2, 0.25) is 11.8 Å². The molecule has 7 aliphatic rings. The van der Waals surface area contributed by atoms with Crippen LogP contribution in [-0.4, -0.2) is 170 Å². The van der Waals surface area contributed by atoms with Crippen LogP contribution < -0.4 is 144 Å². The van der Waals surface area contributed by atoms with E-state index in [2.05, 4.69) is 173 Å². The molecule has 0 spiro atoms. The van der Waals surface area contributed by atoms with Gasteiger partial charge in [-0.3, -0.25) is 14.4 Å². The first-order valence-electron chi connectivity index (χ1n) is 28.7. The summed E-state index contributed by atoms with van der Waals surface area (Å²) in [5.74, 6) is 1.35. The molecule has 13 rings (SSSR count). The molecule has 2 aromatic carbocycles. The predicted octanol–water partition coefficient (Wildman–Crippen LogP) is 0.660. The summed E-state index contributed by atoms with van der Waals surface area (Å²) in [5, 5.41) is 24.1. The molecule has 24 heteroatoms. The first-order valence-corrected chi connectivity index (χ1v) is 29.5. The number of hydrogen-bond acceptors (Lipinski definition) is 15. The van der Waals surface area contributed by atoms with E-state index in [0.717, 1.165) is 151 Å². The van der Waals surface area contributed by atoms with Gasteiger partial charge >= 0.3 is 110 Å². The van der Waals surface area contributed by atoms with Gasteiger partial charge in [0, 0.05) is 163 Å². The zero-order valence-electron chi connectivity index (χ0n) is 50.8. The van der Waals surface area contributed by atoms with Gasteiger partial charge in [0.1, 0.15) is 0 Å². The maximum absolute atomic E-state index is 12.4. The molecule has 2 amide bonds. The largest absolute Gasteiger partial charge is 1.00 e. The molecule has 4 aromatic heterocycles. The molecular formula is C60H85BBrClK2N12O7. The molecule has 2 saturated carbocycles. The number of benzene rings is 2. The first kappa shape index (κ1) is 72.1. The number of carbonyl (C=O) groups is 3. The van der Waals surface area contributed by atoms with Gasteiger partial charge in [-0.2, -0.15) is 10.2 Å². The molecule has 84 heavy (non-hydrogen) atoms. The molecule has 9 heterocycles. The summed E-state index contributed by atoms with van der Waals surface area (Å²) in [6.45, 7) is 27.4. The van der Waals surface area contributed by atoms with Gasteiger partial charge in [-0.1, -0.05) is 45.5 Å². The number of nitrogens with zero attached hydrogens (tertiary/aromatic N) is 10. The number of nitrogens with one attached hydrogen (secondary N) is 2.